The first-order valence-electron chi connectivity index (χ1n) is 11.4. The lowest BCUT2D eigenvalue weighted by Crippen LogP contribution is -2.34. The highest BCUT2D eigenvalue weighted by molar-refractivity contribution is 6.34. The molecule has 0 bridgehead atoms. The molecule has 0 aliphatic carbocycles. The van der Waals surface area contributed by atoms with Crippen molar-refractivity contribution in [3.05, 3.63) is 64.1 Å². The van der Waals surface area contributed by atoms with E-state index in [9.17, 15) is 4.79 Å². The topological polar surface area (TPSA) is 74.9 Å². The SMILES string of the molecule is CCN(CC)CCNC(=O)c1cc(Cl)c(Nc2ccc3c(c2)Oc2ccc(Cl)cc2N3)cc1OC. The van der Waals surface area contributed by atoms with E-state index in [-0.39, 0.29) is 5.91 Å². The van der Waals surface area contributed by atoms with Gasteiger partial charge in [0, 0.05) is 35.9 Å². The number of methoxy groups -OCH3 is 1. The molecule has 3 N–H and O–H groups in total. The van der Waals surface area contributed by atoms with Crippen molar-refractivity contribution < 1.29 is 14.3 Å². The number of nitrogens with zero attached hydrogens (tertiary/aromatic N) is 1. The van der Waals surface area contributed by atoms with E-state index in [4.69, 9.17) is 32.7 Å². The number of hydrogen-bond acceptors (Lipinski definition) is 6. The van der Waals surface area contributed by atoms with Crippen molar-refractivity contribution in [2.75, 3.05) is 43.9 Å². The Morgan fingerprint density at radius 1 is 1.03 bits per heavy atom. The lowest BCUT2D eigenvalue weighted by atomic mass is 10.1. The minimum Gasteiger partial charge on any atom is -0.496 e. The third-order valence-corrected chi connectivity index (χ3v) is 6.38. The van der Waals surface area contributed by atoms with Gasteiger partial charge < -0.3 is 30.3 Å². The van der Waals surface area contributed by atoms with Gasteiger partial charge in [-0.1, -0.05) is 37.0 Å². The predicted octanol–water partition coefficient (Wildman–Crippen LogP) is 6.67. The van der Waals surface area contributed by atoms with Crippen molar-refractivity contribution in [2.24, 2.45) is 0 Å². The minimum absolute atomic E-state index is 0.227. The summed E-state index contributed by atoms with van der Waals surface area (Å²) in [5, 5.41) is 10.6. The molecule has 35 heavy (non-hydrogen) atoms. The number of hydrogen-bond donors (Lipinski definition) is 3. The monoisotopic (exact) mass is 514 g/mol. The Kier molecular flexibility index (Phi) is 7.90. The number of carbonyl (C=O) groups excluding carboxylic acids is 1. The van der Waals surface area contributed by atoms with Gasteiger partial charge in [0.15, 0.2) is 11.5 Å². The third-order valence-electron chi connectivity index (χ3n) is 5.83. The summed E-state index contributed by atoms with van der Waals surface area (Å²) < 4.78 is 11.5. The van der Waals surface area contributed by atoms with E-state index >= 15 is 0 Å². The van der Waals surface area contributed by atoms with Gasteiger partial charge in [-0.05, 0) is 49.5 Å². The van der Waals surface area contributed by atoms with Crippen molar-refractivity contribution in [1.29, 1.82) is 0 Å². The Bertz CT molecular complexity index is 1230. The summed E-state index contributed by atoms with van der Waals surface area (Å²) in [5.41, 5.74) is 3.40. The molecule has 3 aromatic rings. The molecule has 1 amide bonds. The molecule has 0 saturated carbocycles. The van der Waals surface area contributed by atoms with Gasteiger partial charge in [0.05, 0.1) is 34.8 Å². The number of carbonyl (C=O) groups is 1. The van der Waals surface area contributed by atoms with Crippen LogP contribution in [0.15, 0.2) is 48.5 Å². The summed E-state index contributed by atoms with van der Waals surface area (Å²) in [6.07, 6.45) is 0. The summed E-state index contributed by atoms with van der Waals surface area (Å²) >= 11 is 12.6. The smallest absolute Gasteiger partial charge is 0.255 e. The first kappa shape index (κ1) is 25.0. The Labute approximate surface area is 215 Å². The number of anilines is 4. The molecule has 0 unspecified atom stereocenters. The van der Waals surface area contributed by atoms with Crippen LogP contribution in [0.4, 0.5) is 22.7 Å². The normalized spacial score (nSPS) is 11.7. The average molecular weight is 515 g/mol. The van der Waals surface area contributed by atoms with E-state index < -0.39 is 0 Å². The van der Waals surface area contributed by atoms with Crippen molar-refractivity contribution in [2.45, 2.75) is 13.8 Å². The first-order chi connectivity index (χ1) is 16.9. The van der Waals surface area contributed by atoms with Crippen molar-refractivity contribution in [3.63, 3.8) is 0 Å². The lowest BCUT2D eigenvalue weighted by Gasteiger charge is -2.23. The van der Waals surface area contributed by atoms with Crippen LogP contribution in [0.25, 0.3) is 0 Å². The van der Waals surface area contributed by atoms with Crippen molar-refractivity contribution in [3.8, 4) is 17.2 Å². The van der Waals surface area contributed by atoms with Crippen LogP contribution in [0, 0.1) is 0 Å². The second kappa shape index (κ2) is 11.1. The molecule has 0 saturated heterocycles. The molecule has 4 rings (SSSR count). The number of nitrogens with one attached hydrogen (secondary N) is 3. The second-order valence-corrected chi connectivity index (χ2v) is 8.86. The number of likely N-dealkylation sites (N-methyl/N-ethyl adjacent to an activating group) is 1. The summed E-state index contributed by atoms with van der Waals surface area (Å²) in [4.78, 5) is 15.0. The first-order valence-corrected chi connectivity index (χ1v) is 12.2. The molecule has 0 atom stereocenters. The van der Waals surface area contributed by atoms with Crippen LogP contribution in [0.2, 0.25) is 10.0 Å². The number of ether oxygens (including phenoxy) is 2. The van der Waals surface area contributed by atoms with Gasteiger partial charge >= 0.3 is 0 Å². The quantitative estimate of drug-likeness (QED) is 0.231. The number of amides is 1. The zero-order valence-electron chi connectivity index (χ0n) is 19.9. The standard InChI is InChI=1S/C26H28Cl2N4O3/c1-4-32(5-2)11-10-29-26(33)18-14-19(28)21(15-24(18)34-3)30-17-7-8-20-25(13-17)35-23-9-6-16(27)12-22(23)31-20/h6-9,12-15,30-31H,4-5,10-11H2,1-3H3,(H,29,33). The molecule has 3 aromatic carbocycles. The largest absolute Gasteiger partial charge is 0.496 e. The third kappa shape index (κ3) is 5.75. The Morgan fingerprint density at radius 2 is 1.83 bits per heavy atom. The fourth-order valence-electron chi connectivity index (χ4n) is 3.85. The zero-order chi connectivity index (χ0) is 24.9. The highest BCUT2D eigenvalue weighted by atomic mass is 35.5. The van der Waals surface area contributed by atoms with E-state index in [1.54, 1.807) is 18.2 Å². The van der Waals surface area contributed by atoms with E-state index in [1.807, 2.05) is 30.3 Å². The van der Waals surface area contributed by atoms with Crippen LogP contribution in [-0.4, -0.2) is 44.1 Å². The lowest BCUT2D eigenvalue weighted by molar-refractivity contribution is 0.0946. The molecule has 0 radical (unpaired) electrons. The fourth-order valence-corrected chi connectivity index (χ4v) is 4.24. The molecule has 1 aliphatic rings. The van der Waals surface area contributed by atoms with Crippen molar-refractivity contribution >= 4 is 51.9 Å². The van der Waals surface area contributed by atoms with Gasteiger partial charge in [-0.3, -0.25) is 4.79 Å². The maximum Gasteiger partial charge on any atom is 0.255 e. The molecule has 0 spiro atoms. The Balaban J connectivity index is 1.49. The van der Waals surface area contributed by atoms with E-state index in [1.165, 1.54) is 7.11 Å². The van der Waals surface area contributed by atoms with Gasteiger partial charge in [0.2, 0.25) is 0 Å². The number of rotatable bonds is 9. The van der Waals surface area contributed by atoms with Crippen LogP contribution >= 0.6 is 23.2 Å². The summed E-state index contributed by atoms with van der Waals surface area (Å²) in [6.45, 7) is 7.39. The Morgan fingerprint density at radius 3 is 2.57 bits per heavy atom. The number of halogens is 2. The molecular formula is C26H28Cl2N4O3. The maximum atomic E-state index is 12.8. The molecule has 7 nitrogen and oxygen atoms in total. The summed E-state index contributed by atoms with van der Waals surface area (Å²) in [7, 11) is 1.53. The molecule has 9 heteroatoms. The van der Waals surface area contributed by atoms with E-state index in [2.05, 4.69) is 34.7 Å². The van der Waals surface area contributed by atoms with Crippen LogP contribution in [-0.2, 0) is 0 Å². The van der Waals surface area contributed by atoms with Crippen LogP contribution in [0.1, 0.15) is 24.2 Å². The van der Waals surface area contributed by atoms with Crippen molar-refractivity contribution in [1.82, 2.24) is 10.2 Å². The molecule has 0 fully saturated rings. The average Bonchev–Trinajstić information content (AvgIpc) is 2.86. The number of fused-ring (bicyclic) bond motifs is 2. The van der Waals surface area contributed by atoms with Crippen LogP contribution in [0.3, 0.4) is 0 Å². The fraction of sp³-hybridized carbons (Fsp3) is 0.269. The highest BCUT2D eigenvalue weighted by Gasteiger charge is 2.19. The predicted molar refractivity (Wildman–Crippen MR) is 143 cm³/mol. The van der Waals surface area contributed by atoms with E-state index in [0.29, 0.717) is 45.1 Å². The molecule has 184 valence electrons. The molecular weight excluding hydrogens is 487 g/mol. The van der Waals surface area contributed by atoms with Crippen LogP contribution in [0.5, 0.6) is 17.2 Å². The zero-order valence-corrected chi connectivity index (χ0v) is 21.4. The minimum atomic E-state index is -0.227. The van der Waals surface area contributed by atoms with Gasteiger partial charge in [0.1, 0.15) is 5.75 Å². The molecule has 0 aromatic heterocycles. The van der Waals surface area contributed by atoms with Crippen LogP contribution < -0.4 is 25.4 Å². The van der Waals surface area contributed by atoms with Gasteiger partial charge in [-0.15, -0.1) is 0 Å². The summed E-state index contributed by atoms with van der Waals surface area (Å²) in [6, 6.07) is 14.4. The molecule has 1 heterocycles. The van der Waals surface area contributed by atoms with Gasteiger partial charge in [0.25, 0.3) is 5.91 Å². The van der Waals surface area contributed by atoms with E-state index in [0.717, 1.165) is 36.7 Å². The highest BCUT2D eigenvalue weighted by Crippen LogP contribution is 2.44. The number of benzene rings is 3. The maximum absolute atomic E-state index is 12.8. The van der Waals surface area contributed by atoms with Gasteiger partial charge in [-0.2, -0.15) is 0 Å². The molecule has 1 aliphatic heterocycles. The second-order valence-electron chi connectivity index (χ2n) is 8.02. The summed E-state index contributed by atoms with van der Waals surface area (Å²) in [5.74, 6) is 1.56. The Hall–Kier alpha value is -3.13. The van der Waals surface area contributed by atoms with Gasteiger partial charge in [-0.25, -0.2) is 0 Å².